The lowest BCUT2D eigenvalue weighted by Crippen LogP contribution is -2.04. The highest BCUT2D eigenvalue weighted by Gasteiger charge is 2.20. The summed E-state index contributed by atoms with van der Waals surface area (Å²) in [6.07, 6.45) is 1.59. The summed E-state index contributed by atoms with van der Waals surface area (Å²) in [5.41, 5.74) is 6.52. The number of hydrogen-bond acceptors (Lipinski definition) is 4. The van der Waals surface area contributed by atoms with Gasteiger partial charge in [0.05, 0.1) is 0 Å². The average molecular weight is 279 g/mol. The van der Waals surface area contributed by atoms with Gasteiger partial charge in [-0.1, -0.05) is 18.2 Å². The van der Waals surface area contributed by atoms with Crippen LogP contribution in [-0.4, -0.2) is 14.8 Å². The van der Waals surface area contributed by atoms with Crippen molar-refractivity contribution in [3.8, 4) is 23.1 Å². The van der Waals surface area contributed by atoms with Crippen molar-refractivity contribution in [2.45, 2.75) is 0 Å². The Hall–Kier alpha value is -3.20. The van der Waals surface area contributed by atoms with Crippen molar-refractivity contribution in [3.05, 3.63) is 60.0 Å². The third-order valence-corrected chi connectivity index (χ3v) is 3.03. The van der Waals surface area contributed by atoms with E-state index in [2.05, 4.69) is 10.1 Å². The van der Waals surface area contributed by atoms with Crippen LogP contribution >= 0.6 is 0 Å². The van der Waals surface area contributed by atoms with Crippen molar-refractivity contribution in [2.75, 3.05) is 5.73 Å². The van der Waals surface area contributed by atoms with E-state index in [1.54, 1.807) is 42.6 Å². The molecule has 2 heterocycles. The second-order valence-electron chi connectivity index (χ2n) is 4.30. The number of nitrogens with two attached hydrogens (primary N) is 1. The molecule has 0 saturated heterocycles. The molecule has 3 rings (SSSR count). The summed E-state index contributed by atoms with van der Waals surface area (Å²) >= 11 is 0. The molecular weight excluding hydrogens is 269 g/mol. The molecular formula is C15H10FN5. The zero-order chi connectivity index (χ0) is 14.8. The quantitative estimate of drug-likeness (QED) is 0.781. The van der Waals surface area contributed by atoms with Gasteiger partial charge in [-0.15, -0.1) is 0 Å². The predicted octanol–water partition coefficient (Wildman–Crippen LogP) is 2.53. The SMILES string of the molecule is N#Cc1c(-c2ccccc2F)nn(-c2ccccn2)c1N. The molecule has 2 aromatic heterocycles. The Morgan fingerprint density at radius 2 is 1.90 bits per heavy atom. The first-order valence-electron chi connectivity index (χ1n) is 6.17. The van der Waals surface area contributed by atoms with Gasteiger partial charge in [0.25, 0.3) is 0 Å². The van der Waals surface area contributed by atoms with E-state index in [-0.39, 0.29) is 22.6 Å². The van der Waals surface area contributed by atoms with E-state index >= 15 is 0 Å². The van der Waals surface area contributed by atoms with E-state index < -0.39 is 5.82 Å². The van der Waals surface area contributed by atoms with E-state index in [0.717, 1.165) is 0 Å². The summed E-state index contributed by atoms with van der Waals surface area (Å²) in [4.78, 5) is 4.13. The van der Waals surface area contributed by atoms with Crippen molar-refractivity contribution in [1.82, 2.24) is 14.8 Å². The summed E-state index contributed by atoms with van der Waals surface area (Å²) in [7, 11) is 0. The molecule has 102 valence electrons. The van der Waals surface area contributed by atoms with E-state index in [1.165, 1.54) is 10.7 Å². The number of nitrogen functional groups attached to an aromatic ring is 1. The highest BCUT2D eigenvalue weighted by Crippen LogP contribution is 2.29. The van der Waals surface area contributed by atoms with Crippen LogP contribution in [0, 0.1) is 17.1 Å². The summed E-state index contributed by atoms with van der Waals surface area (Å²) in [5.74, 6) is 0.142. The molecule has 0 fully saturated rings. The Morgan fingerprint density at radius 3 is 2.57 bits per heavy atom. The van der Waals surface area contributed by atoms with Crippen molar-refractivity contribution in [2.24, 2.45) is 0 Å². The third kappa shape index (κ3) is 2.11. The standard InChI is InChI=1S/C15H10FN5/c16-12-6-2-1-5-10(12)14-11(9-17)15(18)21(20-14)13-7-3-4-8-19-13/h1-8H,18H2. The second kappa shape index (κ2) is 5.06. The van der Waals surface area contributed by atoms with Crippen LogP contribution < -0.4 is 5.73 Å². The van der Waals surface area contributed by atoms with E-state index in [9.17, 15) is 9.65 Å². The zero-order valence-corrected chi connectivity index (χ0v) is 10.9. The maximum absolute atomic E-state index is 13.9. The van der Waals surface area contributed by atoms with Crippen molar-refractivity contribution in [1.29, 1.82) is 5.26 Å². The molecule has 0 radical (unpaired) electrons. The summed E-state index contributed by atoms with van der Waals surface area (Å²) in [5, 5.41) is 13.5. The Morgan fingerprint density at radius 1 is 1.14 bits per heavy atom. The molecule has 0 spiro atoms. The van der Waals surface area contributed by atoms with E-state index in [4.69, 9.17) is 5.73 Å². The molecule has 0 unspecified atom stereocenters. The number of nitrogens with zero attached hydrogens (tertiary/aromatic N) is 4. The van der Waals surface area contributed by atoms with Crippen molar-refractivity contribution < 1.29 is 4.39 Å². The van der Waals surface area contributed by atoms with Crippen LogP contribution in [0.3, 0.4) is 0 Å². The summed E-state index contributed by atoms with van der Waals surface area (Å²) < 4.78 is 15.3. The first-order chi connectivity index (χ1) is 10.2. The number of anilines is 1. The fraction of sp³-hybridized carbons (Fsp3) is 0. The smallest absolute Gasteiger partial charge is 0.155 e. The summed E-state index contributed by atoms with van der Waals surface area (Å²) in [6.45, 7) is 0. The van der Waals surface area contributed by atoms with Crippen LogP contribution in [0.1, 0.15) is 5.56 Å². The van der Waals surface area contributed by atoms with E-state index in [0.29, 0.717) is 5.82 Å². The van der Waals surface area contributed by atoms with Gasteiger partial charge in [0.15, 0.2) is 5.82 Å². The molecule has 0 bridgehead atoms. The molecule has 0 saturated carbocycles. The Balaban J connectivity index is 2.25. The first kappa shape index (κ1) is 12.8. The molecule has 1 aromatic carbocycles. The third-order valence-electron chi connectivity index (χ3n) is 3.03. The molecule has 2 N–H and O–H groups in total. The largest absolute Gasteiger partial charge is 0.382 e. The van der Waals surface area contributed by atoms with Gasteiger partial charge in [-0.3, -0.25) is 0 Å². The Labute approximate surface area is 120 Å². The first-order valence-corrected chi connectivity index (χ1v) is 6.17. The van der Waals surface area contributed by atoms with Crippen LogP contribution in [0.5, 0.6) is 0 Å². The number of nitriles is 1. The highest BCUT2D eigenvalue weighted by molar-refractivity contribution is 5.73. The number of rotatable bonds is 2. The minimum absolute atomic E-state index is 0.130. The monoisotopic (exact) mass is 279 g/mol. The fourth-order valence-corrected chi connectivity index (χ4v) is 2.04. The van der Waals surface area contributed by atoms with Crippen molar-refractivity contribution >= 4 is 5.82 Å². The van der Waals surface area contributed by atoms with Gasteiger partial charge in [-0.05, 0) is 24.3 Å². The normalized spacial score (nSPS) is 10.3. The molecule has 5 nitrogen and oxygen atoms in total. The maximum atomic E-state index is 13.9. The molecule has 21 heavy (non-hydrogen) atoms. The van der Waals surface area contributed by atoms with Crippen LogP contribution in [0.2, 0.25) is 0 Å². The summed E-state index contributed by atoms with van der Waals surface area (Å²) in [6, 6.07) is 13.3. The molecule has 3 aromatic rings. The fourth-order valence-electron chi connectivity index (χ4n) is 2.04. The number of aromatic nitrogens is 3. The van der Waals surface area contributed by atoms with E-state index in [1.807, 2.05) is 6.07 Å². The van der Waals surface area contributed by atoms with Gasteiger partial charge in [0, 0.05) is 11.8 Å². The molecule has 6 heteroatoms. The van der Waals surface area contributed by atoms with Crippen LogP contribution in [0.25, 0.3) is 17.1 Å². The van der Waals surface area contributed by atoms with Gasteiger partial charge in [-0.2, -0.15) is 15.0 Å². The Bertz CT molecular complexity index is 833. The van der Waals surface area contributed by atoms with Gasteiger partial charge in [0.1, 0.15) is 29.0 Å². The molecule has 0 aliphatic heterocycles. The predicted molar refractivity (Wildman–Crippen MR) is 75.9 cm³/mol. The maximum Gasteiger partial charge on any atom is 0.155 e. The molecule has 0 aliphatic rings. The van der Waals surface area contributed by atoms with Gasteiger partial charge in [-0.25, -0.2) is 9.37 Å². The lowest BCUT2D eigenvalue weighted by atomic mass is 10.1. The number of benzene rings is 1. The zero-order valence-electron chi connectivity index (χ0n) is 10.9. The average Bonchev–Trinajstić information content (AvgIpc) is 2.85. The number of hydrogen-bond donors (Lipinski definition) is 1. The van der Waals surface area contributed by atoms with Gasteiger partial charge < -0.3 is 5.73 Å². The van der Waals surface area contributed by atoms with Crippen LogP contribution in [-0.2, 0) is 0 Å². The van der Waals surface area contributed by atoms with Gasteiger partial charge in [0.2, 0.25) is 0 Å². The Kier molecular flexibility index (Phi) is 3.09. The topological polar surface area (TPSA) is 80.5 Å². The molecule has 0 aliphatic carbocycles. The second-order valence-corrected chi connectivity index (χ2v) is 4.30. The van der Waals surface area contributed by atoms with Gasteiger partial charge >= 0.3 is 0 Å². The number of pyridine rings is 1. The highest BCUT2D eigenvalue weighted by atomic mass is 19.1. The van der Waals surface area contributed by atoms with Crippen molar-refractivity contribution in [3.63, 3.8) is 0 Å². The van der Waals surface area contributed by atoms with Crippen LogP contribution in [0.15, 0.2) is 48.7 Å². The van der Waals surface area contributed by atoms with Crippen LogP contribution in [0.4, 0.5) is 10.2 Å². The lowest BCUT2D eigenvalue weighted by molar-refractivity contribution is 0.630. The molecule has 0 amide bonds. The lowest BCUT2D eigenvalue weighted by Gasteiger charge is -2.01. The molecule has 0 atom stereocenters. The minimum atomic E-state index is -0.459. The number of halogens is 1. The minimum Gasteiger partial charge on any atom is -0.382 e.